The molecular weight excluding hydrogens is 280 g/mol. The van der Waals surface area contributed by atoms with Crippen LogP contribution in [0.25, 0.3) is 0 Å². The van der Waals surface area contributed by atoms with Gasteiger partial charge < -0.3 is 14.9 Å². The van der Waals surface area contributed by atoms with Gasteiger partial charge in [0.2, 0.25) is 0 Å². The van der Waals surface area contributed by atoms with Gasteiger partial charge in [0.1, 0.15) is 5.75 Å². The molecule has 0 saturated heterocycles. The van der Waals surface area contributed by atoms with Gasteiger partial charge in [-0.15, -0.1) is 0 Å². The summed E-state index contributed by atoms with van der Waals surface area (Å²) in [5, 5.41) is 18.8. The predicted octanol–water partition coefficient (Wildman–Crippen LogP) is 3.25. The van der Waals surface area contributed by atoms with Gasteiger partial charge in [-0.25, -0.2) is 0 Å². The quantitative estimate of drug-likeness (QED) is 0.599. The fourth-order valence-electron chi connectivity index (χ4n) is 2.33. The van der Waals surface area contributed by atoms with Crippen LogP contribution >= 0.6 is 0 Å². The van der Waals surface area contributed by atoms with Crippen LogP contribution in [0.15, 0.2) is 12.1 Å². The molecule has 0 fully saturated rings. The Morgan fingerprint density at radius 3 is 2.50 bits per heavy atom. The van der Waals surface area contributed by atoms with Gasteiger partial charge in [0, 0.05) is 19.4 Å². The van der Waals surface area contributed by atoms with Crippen LogP contribution in [0.3, 0.4) is 0 Å². The zero-order valence-electron chi connectivity index (χ0n) is 14.1. The number of phenols is 1. The van der Waals surface area contributed by atoms with Crippen LogP contribution in [0.5, 0.6) is 5.75 Å². The molecule has 0 unspecified atom stereocenters. The average Bonchev–Trinajstić information content (AvgIpc) is 2.41. The third kappa shape index (κ3) is 5.68. The van der Waals surface area contributed by atoms with E-state index in [1.807, 2.05) is 19.1 Å². The molecule has 0 amide bonds. The number of hydrogen-bond donors (Lipinski definition) is 2. The van der Waals surface area contributed by atoms with Crippen molar-refractivity contribution >= 4 is 5.97 Å². The van der Waals surface area contributed by atoms with Crippen LogP contribution in [0, 0.1) is 6.92 Å². The van der Waals surface area contributed by atoms with E-state index in [1.165, 1.54) is 0 Å². The summed E-state index contributed by atoms with van der Waals surface area (Å²) in [7, 11) is 0. The highest BCUT2D eigenvalue weighted by Gasteiger charge is 2.20. The molecule has 0 aromatic heterocycles. The summed E-state index contributed by atoms with van der Waals surface area (Å²) < 4.78 is 5.00. The Morgan fingerprint density at radius 2 is 1.91 bits per heavy atom. The lowest BCUT2D eigenvalue weighted by Gasteiger charge is -2.22. The molecule has 124 valence electrons. The largest absolute Gasteiger partial charge is 0.507 e. The molecule has 0 radical (unpaired) electrons. The van der Waals surface area contributed by atoms with Crippen LogP contribution in [0.1, 0.15) is 56.7 Å². The van der Waals surface area contributed by atoms with E-state index >= 15 is 0 Å². The number of aliphatic hydroxyl groups excluding tert-OH is 1. The van der Waals surface area contributed by atoms with Gasteiger partial charge in [-0.2, -0.15) is 0 Å². The molecule has 4 heteroatoms. The Morgan fingerprint density at radius 1 is 1.23 bits per heavy atom. The van der Waals surface area contributed by atoms with Crippen molar-refractivity contribution < 1.29 is 19.7 Å². The minimum absolute atomic E-state index is 0.0373. The van der Waals surface area contributed by atoms with E-state index in [2.05, 4.69) is 20.8 Å². The standard InChI is InChI=1S/C18H28O4/c1-13-11-14(12-15(17(13)21)18(2,3)4)7-5-8-16(20)22-10-6-9-19/h11-12,19,21H,5-10H2,1-4H3. The van der Waals surface area contributed by atoms with Crippen LogP contribution in [-0.4, -0.2) is 29.4 Å². The molecular formula is C18H28O4. The van der Waals surface area contributed by atoms with Gasteiger partial charge in [0.15, 0.2) is 0 Å². The first kappa shape index (κ1) is 18.5. The molecule has 0 heterocycles. The maximum absolute atomic E-state index is 11.5. The van der Waals surface area contributed by atoms with Crippen molar-refractivity contribution in [1.29, 1.82) is 0 Å². The molecule has 1 rings (SSSR count). The highest BCUT2D eigenvalue weighted by molar-refractivity contribution is 5.69. The van der Waals surface area contributed by atoms with Gasteiger partial charge >= 0.3 is 5.97 Å². The minimum atomic E-state index is -0.222. The maximum atomic E-state index is 11.5. The fourth-order valence-corrected chi connectivity index (χ4v) is 2.33. The number of aromatic hydroxyl groups is 1. The fraction of sp³-hybridized carbons (Fsp3) is 0.611. The molecule has 0 saturated carbocycles. The molecule has 0 aliphatic rings. The van der Waals surface area contributed by atoms with E-state index < -0.39 is 0 Å². The first-order chi connectivity index (χ1) is 10.3. The topological polar surface area (TPSA) is 66.8 Å². The minimum Gasteiger partial charge on any atom is -0.507 e. The van der Waals surface area contributed by atoms with Crippen molar-refractivity contribution in [2.75, 3.05) is 13.2 Å². The SMILES string of the molecule is Cc1cc(CCCC(=O)OCCCO)cc(C(C)(C)C)c1O. The lowest BCUT2D eigenvalue weighted by molar-refractivity contribution is -0.144. The molecule has 4 nitrogen and oxygen atoms in total. The van der Waals surface area contributed by atoms with Crippen LogP contribution < -0.4 is 0 Å². The van der Waals surface area contributed by atoms with Crippen molar-refractivity contribution in [3.8, 4) is 5.75 Å². The second kappa shape index (κ2) is 8.18. The second-order valence-electron chi connectivity index (χ2n) is 6.71. The third-order valence-corrected chi connectivity index (χ3v) is 3.58. The number of aliphatic hydroxyl groups is 1. The lowest BCUT2D eigenvalue weighted by atomic mass is 9.83. The number of carbonyl (C=O) groups excluding carboxylic acids is 1. The van der Waals surface area contributed by atoms with Crippen molar-refractivity contribution in [3.05, 3.63) is 28.8 Å². The van der Waals surface area contributed by atoms with Gasteiger partial charge in [0.05, 0.1) is 6.61 Å². The number of ether oxygens (including phenoxy) is 1. The molecule has 22 heavy (non-hydrogen) atoms. The third-order valence-electron chi connectivity index (χ3n) is 3.58. The van der Waals surface area contributed by atoms with Crippen LogP contribution in [0.2, 0.25) is 0 Å². The van der Waals surface area contributed by atoms with Gasteiger partial charge in [-0.1, -0.05) is 32.9 Å². The van der Waals surface area contributed by atoms with Gasteiger partial charge in [-0.3, -0.25) is 4.79 Å². The lowest BCUT2D eigenvalue weighted by Crippen LogP contribution is -2.12. The van der Waals surface area contributed by atoms with Crippen molar-refractivity contribution in [2.45, 2.75) is 58.8 Å². The first-order valence-electron chi connectivity index (χ1n) is 7.85. The van der Waals surface area contributed by atoms with E-state index in [0.29, 0.717) is 25.0 Å². The van der Waals surface area contributed by atoms with E-state index in [0.717, 1.165) is 23.1 Å². The van der Waals surface area contributed by atoms with Gasteiger partial charge in [0.25, 0.3) is 0 Å². The normalized spacial score (nSPS) is 11.5. The Labute approximate surface area is 133 Å². The van der Waals surface area contributed by atoms with Gasteiger partial charge in [-0.05, 0) is 41.9 Å². The molecule has 0 bridgehead atoms. The Bertz CT molecular complexity index is 501. The number of aryl methyl sites for hydroxylation is 2. The summed E-state index contributed by atoms with van der Waals surface area (Å²) >= 11 is 0. The number of rotatable bonds is 7. The second-order valence-corrected chi connectivity index (χ2v) is 6.71. The predicted molar refractivity (Wildman–Crippen MR) is 87.1 cm³/mol. The average molecular weight is 308 g/mol. The molecule has 0 atom stereocenters. The number of hydrogen-bond acceptors (Lipinski definition) is 4. The smallest absolute Gasteiger partial charge is 0.305 e. The van der Waals surface area contributed by atoms with Crippen LogP contribution in [0.4, 0.5) is 0 Å². The van der Waals surface area contributed by atoms with E-state index in [9.17, 15) is 9.90 Å². The molecule has 0 aliphatic heterocycles. The van der Waals surface area contributed by atoms with E-state index in [-0.39, 0.29) is 24.6 Å². The summed E-state index contributed by atoms with van der Waals surface area (Å²) in [5.41, 5.74) is 2.82. The number of phenolic OH excluding ortho intramolecular Hbond substituents is 1. The number of benzene rings is 1. The molecule has 1 aromatic carbocycles. The van der Waals surface area contributed by atoms with Crippen molar-refractivity contribution in [3.63, 3.8) is 0 Å². The van der Waals surface area contributed by atoms with Crippen LogP contribution in [-0.2, 0) is 21.4 Å². The number of carbonyl (C=O) groups is 1. The molecule has 0 spiro atoms. The highest BCUT2D eigenvalue weighted by Crippen LogP contribution is 2.34. The first-order valence-corrected chi connectivity index (χ1v) is 7.85. The zero-order valence-corrected chi connectivity index (χ0v) is 14.1. The highest BCUT2D eigenvalue weighted by atomic mass is 16.5. The molecule has 1 aromatic rings. The Balaban J connectivity index is 2.60. The summed E-state index contributed by atoms with van der Waals surface area (Å²) in [6.07, 6.45) is 2.35. The van der Waals surface area contributed by atoms with E-state index in [1.54, 1.807) is 0 Å². The van der Waals surface area contributed by atoms with E-state index in [4.69, 9.17) is 9.84 Å². The zero-order chi connectivity index (χ0) is 16.8. The summed E-state index contributed by atoms with van der Waals surface area (Å²) in [4.78, 5) is 11.5. The monoisotopic (exact) mass is 308 g/mol. The molecule has 2 N–H and O–H groups in total. The Kier molecular flexibility index (Phi) is 6.88. The molecule has 0 aliphatic carbocycles. The summed E-state index contributed by atoms with van der Waals surface area (Å²) in [6, 6.07) is 4.00. The number of esters is 1. The Hall–Kier alpha value is -1.55. The van der Waals surface area contributed by atoms with Crippen molar-refractivity contribution in [2.24, 2.45) is 0 Å². The summed E-state index contributed by atoms with van der Waals surface area (Å²) in [5.74, 6) is 0.139. The maximum Gasteiger partial charge on any atom is 0.305 e. The van der Waals surface area contributed by atoms with Crippen molar-refractivity contribution in [1.82, 2.24) is 0 Å². The summed E-state index contributed by atoms with van der Waals surface area (Å²) in [6.45, 7) is 8.44.